The fraction of sp³-hybridized carbons (Fsp3) is 0.354. The number of rotatable bonds is 8. The summed E-state index contributed by atoms with van der Waals surface area (Å²) < 4.78 is 47.9. The van der Waals surface area contributed by atoms with Crippen LogP contribution in [0.4, 0.5) is 13.2 Å². The minimum absolute atomic E-state index is 0.225. The maximum atomic E-state index is 15.1. The van der Waals surface area contributed by atoms with Crippen molar-refractivity contribution in [2.24, 2.45) is 0 Å². The number of aromatic nitrogens is 15. The zero-order valence-electron chi connectivity index (χ0n) is 49.2. The molecule has 0 amide bonds. The van der Waals surface area contributed by atoms with Gasteiger partial charge in [-0.1, -0.05) is 12.1 Å². The zero-order valence-corrected chi connectivity index (χ0v) is 49.2. The molecule has 12 aromatic rings. The zero-order chi connectivity index (χ0) is 59.2. The van der Waals surface area contributed by atoms with Gasteiger partial charge in [-0.2, -0.15) is 35.7 Å². The van der Waals surface area contributed by atoms with Gasteiger partial charge in [-0.05, 0) is 197 Å². The highest BCUT2D eigenvalue weighted by Crippen LogP contribution is 2.34. The van der Waals surface area contributed by atoms with Crippen molar-refractivity contribution in [3.63, 3.8) is 0 Å². The van der Waals surface area contributed by atoms with Crippen molar-refractivity contribution in [1.82, 2.24) is 89.7 Å². The molecule has 438 valence electrons. The minimum Gasteiger partial charge on any atom is -0.317 e. The van der Waals surface area contributed by atoms with Crippen LogP contribution >= 0.6 is 0 Å². The van der Waals surface area contributed by atoms with Gasteiger partial charge < -0.3 is 15.5 Å². The second-order valence-corrected chi connectivity index (χ2v) is 23.3. The van der Waals surface area contributed by atoms with Crippen LogP contribution < -0.4 is 10.6 Å². The molecular formula is C65H67F3N18. The maximum Gasteiger partial charge on any atom is 0.156 e. The van der Waals surface area contributed by atoms with E-state index in [4.69, 9.17) is 5.10 Å². The highest BCUT2D eigenvalue weighted by molar-refractivity contribution is 5.86. The van der Waals surface area contributed by atoms with Crippen LogP contribution in [0.5, 0.6) is 0 Å². The van der Waals surface area contributed by atoms with Crippen molar-refractivity contribution in [2.45, 2.75) is 97.8 Å². The van der Waals surface area contributed by atoms with E-state index in [0.717, 1.165) is 168 Å². The molecule has 21 heteroatoms. The Kier molecular flexibility index (Phi) is 15.7. The van der Waals surface area contributed by atoms with E-state index in [1.165, 1.54) is 12.1 Å². The van der Waals surface area contributed by atoms with Gasteiger partial charge in [0.25, 0.3) is 0 Å². The lowest BCUT2D eigenvalue weighted by molar-refractivity contribution is 0.195. The Morgan fingerprint density at radius 2 is 0.953 bits per heavy atom. The number of likely N-dealkylation sites (tertiary alicyclic amines) is 1. The predicted octanol–water partition coefficient (Wildman–Crippen LogP) is 11.2. The van der Waals surface area contributed by atoms with Crippen molar-refractivity contribution in [1.29, 1.82) is 0 Å². The lowest BCUT2D eigenvalue weighted by Gasteiger charge is -2.30. The molecule has 15 rings (SSSR count). The molecular weight excluding hydrogens is 1090 g/mol. The van der Waals surface area contributed by atoms with Gasteiger partial charge in [-0.3, -0.25) is 4.98 Å². The van der Waals surface area contributed by atoms with E-state index in [0.29, 0.717) is 62.8 Å². The Labute approximate surface area is 494 Å². The molecule has 0 saturated carbocycles. The molecule has 3 fully saturated rings. The van der Waals surface area contributed by atoms with Crippen LogP contribution in [0.25, 0.3) is 83.6 Å². The number of nitrogens with zero attached hydrogens (tertiary/aromatic N) is 16. The first kappa shape index (κ1) is 56.3. The molecule has 3 aliphatic heterocycles. The largest absolute Gasteiger partial charge is 0.317 e. The molecule has 0 spiro atoms. The second kappa shape index (κ2) is 23.9. The first-order valence-corrected chi connectivity index (χ1v) is 29.7. The molecule has 3 aliphatic rings. The fourth-order valence-corrected chi connectivity index (χ4v) is 12.3. The maximum absolute atomic E-state index is 15.1. The first-order chi connectivity index (χ1) is 41.8. The number of nitrogens with one attached hydrogen (secondary N) is 2. The van der Waals surface area contributed by atoms with E-state index < -0.39 is 0 Å². The third-order valence-electron chi connectivity index (χ3n) is 16.9. The highest BCUT2D eigenvalue weighted by atomic mass is 19.1. The molecule has 0 unspecified atom stereocenters. The average Bonchev–Trinajstić information content (AvgIpc) is 3.32. The quantitative estimate of drug-likeness (QED) is 0.146. The van der Waals surface area contributed by atoms with Gasteiger partial charge in [0.05, 0.1) is 86.4 Å². The number of hydrogen-bond acceptors (Lipinski definition) is 15. The lowest BCUT2D eigenvalue weighted by atomic mass is 9.92. The van der Waals surface area contributed by atoms with E-state index in [9.17, 15) is 8.78 Å². The lowest BCUT2D eigenvalue weighted by Crippen LogP contribution is -2.34. The summed E-state index contributed by atoms with van der Waals surface area (Å²) in [5, 5.41) is 40.0. The summed E-state index contributed by atoms with van der Waals surface area (Å²) in [4.78, 5) is 24.7. The van der Waals surface area contributed by atoms with E-state index >= 15 is 4.39 Å². The summed E-state index contributed by atoms with van der Waals surface area (Å²) in [6.45, 7) is 17.7. The SMILES string of the molecule is Cc1cn2nc(-c3cc(F)c4cc(C5CCN(CCF)CC5)nnc4c3)cc(C)c2n1.Cc1cn2nc(-c3cc(F)c4nc(C5CCNCC5)cnc4c3)cc(C)c2n1.Cc1cn2nc(-c3ccc4cc(C5CCNCC5)nnc4c3)cc(C)c2n1. The van der Waals surface area contributed by atoms with E-state index in [1.54, 1.807) is 15.2 Å². The molecule has 9 aromatic heterocycles. The van der Waals surface area contributed by atoms with Gasteiger partial charge in [-0.25, -0.2) is 46.7 Å². The molecule has 12 heterocycles. The topological polar surface area (TPSA) is 195 Å². The molecule has 0 radical (unpaired) electrons. The number of fused-ring (bicyclic) bond motifs is 6. The highest BCUT2D eigenvalue weighted by Gasteiger charge is 2.24. The number of alkyl halides is 1. The number of piperidine rings is 3. The van der Waals surface area contributed by atoms with Crippen LogP contribution in [0, 0.1) is 53.2 Å². The first-order valence-electron chi connectivity index (χ1n) is 29.7. The van der Waals surface area contributed by atoms with Crippen molar-refractivity contribution in [3.8, 4) is 33.8 Å². The molecule has 86 heavy (non-hydrogen) atoms. The minimum atomic E-state index is -0.364. The normalized spacial score (nSPS) is 15.7. The Morgan fingerprint density at radius 3 is 1.51 bits per heavy atom. The van der Waals surface area contributed by atoms with Gasteiger partial charge in [0.15, 0.2) is 22.8 Å². The van der Waals surface area contributed by atoms with Crippen LogP contribution in [0.15, 0.2) is 97.6 Å². The average molecular weight is 1160 g/mol. The second-order valence-electron chi connectivity index (χ2n) is 23.3. The van der Waals surface area contributed by atoms with Gasteiger partial charge in [0.2, 0.25) is 0 Å². The van der Waals surface area contributed by atoms with Gasteiger partial charge in [0, 0.05) is 58.0 Å². The molecule has 2 N–H and O–H groups in total. The number of imidazole rings is 3. The third-order valence-corrected chi connectivity index (χ3v) is 16.9. The number of aryl methyl sites for hydroxylation is 6. The Hall–Kier alpha value is -8.79. The van der Waals surface area contributed by atoms with Gasteiger partial charge in [0.1, 0.15) is 18.0 Å². The van der Waals surface area contributed by atoms with E-state index in [1.807, 2.05) is 88.1 Å². The van der Waals surface area contributed by atoms with Crippen molar-refractivity contribution in [3.05, 3.63) is 160 Å². The summed E-state index contributed by atoms with van der Waals surface area (Å²) in [7, 11) is 0. The third kappa shape index (κ3) is 11.7. The molecule has 3 saturated heterocycles. The van der Waals surface area contributed by atoms with Crippen LogP contribution in [0.3, 0.4) is 0 Å². The van der Waals surface area contributed by atoms with E-state index in [-0.39, 0.29) is 24.2 Å². The molecule has 3 aromatic carbocycles. The van der Waals surface area contributed by atoms with Crippen LogP contribution in [0.1, 0.15) is 107 Å². The monoisotopic (exact) mass is 1160 g/mol. The van der Waals surface area contributed by atoms with Crippen molar-refractivity contribution < 1.29 is 13.2 Å². The number of halogens is 3. The predicted molar refractivity (Wildman–Crippen MR) is 327 cm³/mol. The van der Waals surface area contributed by atoms with Crippen LogP contribution in [0.2, 0.25) is 0 Å². The standard InChI is InChI=1S/C23H24F2N6.C21H21FN6.C21H22N6/c1-14-9-21(29-31-13-15(2)26-23(14)31)17-10-19(25)18-12-20(27-28-22(18)11-17)16-3-6-30(7-4-16)8-5-24;1-12-7-17(27-28-11-13(2)25-21(12)28)15-8-16(22)20-18(9-15)24-10-19(26-20)14-3-5-23-6-4-14;1-13-9-20(26-27-12-14(2)23-21(13)27)17-4-3-16-10-18(24-25-19(16)11-17)15-5-7-22-8-6-15/h9-13,16H,3-8H2,1-2H3;7-11,14,23H,3-6H2,1-2H3;3-4,9-12,15,22H,5-8H2,1-2H3. The Balaban J connectivity index is 0.000000120. The summed E-state index contributed by atoms with van der Waals surface area (Å²) in [5.74, 6) is 0.382. The fourth-order valence-electron chi connectivity index (χ4n) is 12.3. The summed E-state index contributed by atoms with van der Waals surface area (Å²) in [6, 6.07) is 23.0. The van der Waals surface area contributed by atoms with Crippen LogP contribution in [-0.4, -0.2) is 132 Å². The summed E-state index contributed by atoms with van der Waals surface area (Å²) >= 11 is 0. The molecule has 18 nitrogen and oxygen atoms in total. The van der Waals surface area contributed by atoms with Crippen molar-refractivity contribution in [2.75, 3.05) is 52.5 Å². The van der Waals surface area contributed by atoms with Gasteiger partial charge in [-0.15, -0.1) is 0 Å². The van der Waals surface area contributed by atoms with Gasteiger partial charge >= 0.3 is 0 Å². The molecule has 0 aliphatic carbocycles. The molecule has 0 atom stereocenters. The van der Waals surface area contributed by atoms with E-state index in [2.05, 4.69) is 108 Å². The number of hydrogen-bond donors (Lipinski definition) is 2. The summed E-state index contributed by atoms with van der Waals surface area (Å²) in [5.41, 5.74) is 18.1. The van der Waals surface area contributed by atoms with Crippen LogP contribution in [-0.2, 0) is 0 Å². The molecule has 0 bridgehead atoms. The van der Waals surface area contributed by atoms with Crippen molar-refractivity contribution >= 4 is 49.8 Å². The Morgan fingerprint density at radius 1 is 0.477 bits per heavy atom. The smallest absolute Gasteiger partial charge is 0.156 e. The number of benzene rings is 3. The Bertz CT molecular complexity index is 4500. The summed E-state index contributed by atoms with van der Waals surface area (Å²) in [6.07, 6.45) is 13.5.